The van der Waals surface area contributed by atoms with Crippen molar-refractivity contribution in [3.05, 3.63) is 22.5 Å². The van der Waals surface area contributed by atoms with Crippen LogP contribution in [0.15, 0.2) is 21.9 Å². The predicted octanol–water partition coefficient (Wildman–Crippen LogP) is 2.75. The topological polar surface area (TPSA) is 104 Å². The molecule has 0 radical (unpaired) electrons. The Balaban J connectivity index is 1.51. The van der Waals surface area contributed by atoms with Crippen LogP contribution in [0.4, 0.5) is 5.00 Å². The van der Waals surface area contributed by atoms with E-state index < -0.39 is 17.4 Å². The van der Waals surface area contributed by atoms with Gasteiger partial charge in [-0.1, -0.05) is 23.1 Å². The van der Waals surface area contributed by atoms with Crippen molar-refractivity contribution in [2.24, 2.45) is 5.41 Å². The minimum absolute atomic E-state index is 0.106. The predicted molar refractivity (Wildman–Crippen MR) is 127 cm³/mol. The van der Waals surface area contributed by atoms with Gasteiger partial charge in [0.1, 0.15) is 21.8 Å². The van der Waals surface area contributed by atoms with Gasteiger partial charge in [0, 0.05) is 18.1 Å². The van der Waals surface area contributed by atoms with E-state index >= 15 is 0 Å². The smallest absolute Gasteiger partial charge is 0.313 e. The molecule has 166 valence electrons. The molecule has 13 heteroatoms. The molecule has 2 saturated heterocycles. The third-order valence-electron chi connectivity index (χ3n) is 5.11. The molecule has 2 fully saturated rings. The molecule has 2 aromatic heterocycles. The van der Waals surface area contributed by atoms with Crippen LogP contribution >= 0.6 is 58.0 Å². The third kappa shape index (κ3) is 4.34. The first kappa shape index (κ1) is 22.9. The summed E-state index contributed by atoms with van der Waals surface area (Å²) in [5.74, 6) is -0.251. The number of rotatable bonds is 8. The average molecular weight is 517 g/mol. The van der Waals surface area contributed by atoms with Gasteiger partial charge in [0.15, 0.2) is 4.34 Å². The number of carbonyl (C=O) groups excluding carboxylic acids is 2. The number of hydrogen-bond acceptors (Lipinski definition) is 10. The van der Waals surface area contributed by atoms with Gasteiger partial charge in [-0.15, -0.1) is 33.3 Å². The van der Waals surface area contributed by atoms with E-state index in [1.54, 1.807) is 9.80 Å². The van der Waals surface area contributed by atoms with Crippen LogP contribution in [0.5, 0.6) is 0 Å². The van der Waals surface area contributed by atoms with Crippen LogP contribution in [0.25, 0.3) is 0 Å². The molecule has 2 unspecified atom stereocenters. The largest absolute Gasteiger partial charge is 0.481 e. The highest BCUT2D eigenvalue weighted by Gasteiger charge is 2.59. The number of thiophene rings is 1. The van der Waals surface area contributed by atoms with E-state index in [-0.39, 0.29) is 29.5 Å². The van der Waals surface area contributed by atoms with Gasteiger partial charge in [0.05, 0.1) is 10.8 Å². The molecule has 1 N–H and O–H groups in total. The molecule has 4 heterocycles. The van der Waals surface area contributed by atoms with Crippen molar-refractivity contribution in [3.63, 3.8) is 0 Å². The number of fused-ring (bicyclic) bond motifs is 1. The van der Waals surface area contributed by atoms with Crippen LogP contribution in [-0.4, -0.2) is 79.5 Å². The summed E-state index contributed by atoms with van der Waals surface area (Å²) < 4.78 is 0.726. The molecule has 2 aliphatic heterocycles. The maximum absolute atomic E-state index is 13.1. The number of carbonyl (C=O) groups is 3. The number of aromatic nitrogens is 2. The molecule has 2 amide bonds. The van der Waals surface area contributed by atoms with E-state index in [9.17, 15) is 19.5 Å². The molecule has 31 heavy (non-hydrogen) atoms. The van der Waals surface area contributed by atoms with Crippen molar-refractivity contribution in [2.45, 2.75) is 22.7 Å². The molecular formula is C18H20N4O4S5. The molecule has 0 aromatic carbocycles. The summed E-state index contributed by atoms with van der Waals surface area (Å²) in [5, 5.41) is 21.3. The second-order valence-corrected chi connectivity index (χ2v) is 12.5. The lowest BCUT2D eigenvalue weighted by Crippen LogP contribution is -2.74. The average Bonchev–Trinajstić information content (AvgIpc) is 3.42. The molecule has 0 saturated carbocycles. The first-order chi connectivity index (χ1) is 14.9. The van der Waals surface area contributed by atoms with E-state index in [0.717, 1.165) is 14.3 Å². The van der Waals surface area contributed by atoms with Crippen molar-refractivity contribution >= 4 is 80.7 Å². The van der Waals surface area contributed by atoms with Crippen LogP contribution in [0, 0.1) is 12.3 Å². The number of aryl methyl sites for hydroxylation is 1. The van der Waals surface area contributed by atoms with E-state index in [2.05, 4.69) is 10.2 Å². The Hall–Kier alpha value is -1.28. The first-order valence-electron chi connectivity index (χ1n) is 9.29. The number of nitrogens with zero attached hydrogens (tertiary/aromatic N) is 4. The van der Waals surface area contributed by atoms with E-state index in [4.69, 9.17) is 0 Å². The Morgan fingerprint density at radius 2 is 2.23 bits per heavy atom. The van der Waals surface area contributed by atoms with Gasteiger partial charge in [-0.2, -0.15) is 11.8 Å². The first-order valence-corrected chi connectivity index (χ1v) is 14.4. The second kappa shape index (κ2) is 9.30. The summed E-state index contributed by atoms with van der Waals surface area (Å²) in [7, 11) is 0. The highest BCUT2D eigenvalue weighted by atomic mass is 32.2. The standard InChI is InChI=1S/C18H20N4O4S5/c1-10-19-20-17(31-10)30-9-18(16(25)26)7-21-14(24)13(15(21)29-8-18)22(11(23)6-27-2)12-4-3-5-28-12/h3-5,13,15H,6-9H2,1-2H3,(H,25,26)/t13?,15-,18?/m1/s1. The van der Waals surface area contributed by atoms with Crippen LogP contribution in [0.2, 0.25) is 0 Å². The van der Waals surface area contributed by atoms with E-state index in [1.165, 1.54) is 58.0 Å². The quantitative estimate of drug-likeness (QED) is 0.419. The number of β-lactam (4-membered cyclic amide) rings is 1. The number of hydrogen-bond donors (Lipinski definition) is 1. The molecular weight excluding hydrogens is 497 g/mol. The Labute approximate surface area is 200 Å². The SMILES string of the molecule is CSCC(=O)N(c1cccs1)C1C(=O)N2CC(CSc3nnc(C)s3)(C(=O)O)CS[C@H]12. The summed E-state index contributed by atoms with van der Waals surface area (Å²) >= 11 is 7.08. The van der Waals surface area contributed by atoms with Crippen molar-refractivity contribution < 1.29 is 19.5 Å². The normalized spacial score (nSPS) is 25.1. The summed E-state index contributed by atoms with van der Waals surface area (Å²) in [5.41, 5.74) is -1.07. The Bertz CT molecular complexity index is 984. The minimum Gasteiger partial charge on any atom is -0.481 e. The molecule has 4 rings (SSSR count). The van der Waals surface area contributed by atoms with Crippen molar-refractivity contribution in [1.82, 2.24) is 15.1 Å². The van der Waals surface area contributed by atoms with Crippen molar-refractivity contribution in [3.8, 4) is 0 Å². The lowest BCUT2D eigenvalue weighted by Gasteiger charge is -2.56. The van der Waals surface area contributed by atoms with Crippen LogP contribution in [0.3, 0.4) is 0 Å². The Morgan fingerprint density at radius 1 is 1.42 bits per heavy atom. The summed E-state index contributed by atoms with van der Waals surface area (Å²) in [4.78, 5) is 41.4. The third-order valence-corrected chi connectivity index (χ3v) is 10.3. The zero-order valence-electron chi connectivity index (χ0n) is 16.7. The Morgan fingerprint density at radius 3 is 2.84 bits per heavy atom. The van der Waals surface area contributed by atoms with Gasteiger partial charge in [0.25, 0.3) is 0 Å². The fourth-order valence-corrected chi connectivity index (χ4v) is 8.43. The number of aliphatic carboxylic acids is 1. The highest BCUT2D eigenvalue weighted by Crippen LogP contribution is 2.47. The van der Waals surface area contributed by atoms with Gasteiger partial charge in [0.2, 0.25) is 11.8 Å². The van der Waals surface area contributed by atoms with Crippen LogP contribution < -0.4 is 4.90 Å². The number of thioether (sulfide) groups is 3. The van der Waals surface area contributed by atoms with E-state index in [1.807, 2.05) is 30.7 Å². The van der Waals surface area contributed by atoms with Gasteiger partial charge < -0.3 is 10.0 Å². The molecule has 0 spiro atoms. The lowest BCUT2D eigenvalue weighted by atomic mass is 9.89. The van der Waals surface area contributed by atoms with Gasteiger partial charge in [-0.25, -0.2) is 0 Å². The number of carboxylic acid groups (broad SMARTS) is 1. The summed E-state index contributed by atoms with van der Waals surface area (Å²) in [6.45, 7) is 1.99. The zero-order valence-corrected chi connectivity index (χ0v) is 20.8. The lowest BCUT2D eigenvalue weighted by molar-refractivity contribution is -0.156. The fraction of sp³-hybridized carbons (Fsp3) is 0.500. The molecule has 0 bridgehead atoms. The van der Waals surface area contributed by atoms with Crippen LogP contribution in [-0.2, 0) is 14.4 Å². The van der Waals surface area contributed by atoms with Crippen molar-refractivity contribution in [1.29, 1.82) is 0 Å². The Kier molecular flexibility index (Phi) is 6.87. The van der Waals surface area contributed by atoms with Crippen LogP contribution in [0.1, 0.15) is 5.01 Å². The molecule has 0 aliphatic carbocycles. The molecule has 2 aromatic rings. The van der Waals surface area contributed by atoms with Crippen molar-refractivity contribution in [2.75, 3.05) is 35.0 Å². The maximum Gasteiger partial charge on any atom is 0.313 e. The van der Waals surface area contributed by atoms with Gasteiger partial charge >= 0.3 is 5.97 Å². The minimum atomic E-state index is -1.07. The molecule has 3 atom stereocenters. The maximum atomic E-state index is 13.1. The monoisotopic (exact) mass is 516 g/mol. The highest BCUT2D eigenvalue weighted by molar-refractivity contribution is 8.01. The summed E-state index contributed by atoms with van der Waals surface area (Å²) in [6, 6.07) is 3.11. The van der Waals surface area contributed by atoms with Gasteiger partial charge in [-0.3, -0.25) is 19.3 Å². The molecule has 8 nitrogen and oxygen atoms in total. The summed E-state index contributed by atoms with van der Waals surface area (Å²) in [6.07, 6.45) is 1.85. The second-order valence-electron chi connectivity index (χ2n) is 7.22. The number of amides is 2. The van der Waals surface area contributed by atoms with E-state index in [0.29, 0.717) is 11.5 Å². The fourth-order valence-electron chi connectivity index (χ4n) is 3.54. The number of carboxylic acids is 1. The zero-order chi connectivity index (χ0) is 22.2. The molecule has 2 aliphatic rings. The van der Waals surface area contributed by atoms with Gasteiger partial charge in [-0.05, 0) is 30.7 Å². The number of anilines is 1.